The number of carbonyl (C=O) groups is 1. The van der Waals surface area contributed by atoms with Crippen molar-refractivity contribution < 1.29 is 19.0 Å². The molecule has 2 aromatic carbocycles. The molecule has 1 N–H and O–H groups in total. The summed E-state index contributed by atoms with van der Waals surface area (Å²) >= 11 is 6.10. The number of benzene rings is 2. The Labute approximate surface area is 126 Å². The van der Waals surface area contributed by atoms with Crippen LogP contribution in [-0.2, 0) is 4.79 Å². The third-order valence-electron chi connectivity index (χ3n) is 2.73. The van der Waals surface area contributed by atoms with Gasteiger partial charge in [-0.1, -0.05) is 17.7 Å². The van der Waals surface area contributed by atoms with Gasteiger partial charge in [0.25, 0.3) is 0 Å². The molecular weight excluding hydrogens is 295 g/mol. The van der Waals surface area contributed by atoms with Gasteiger partial charge in [-0.05, 0) is 54.5 Å². The third kappa shape index (κ3) is 4.07. The van der Waals surface area contributed by atoms with Crippen LogP contribution < -0.4 is 4.74 Å². The van der Waals surface area contributed by atoms with Gasteiger partial charge in [0.05, 0.1) is 5.02 Å². The molecule has 3 nitrogen and oxygen atoms in total. The van der Waals surface area contributed by atoms with Crippen molar-refractivity contribution in [1.82, 2.24) is 0 Å². The van der Waals surface area contributed by atoms with Crippen molar-refractivity contribution in [3.63, 3.8) is 0 Å². The average Bonchev–Trinajstić information content (AvgIpc) is 2.42. The normalized spacial score (nSPS) is 10.8. The van der Waals surface area contributed by atoms with Crippen molar-refractivity contribution in [3.8, 4) is 11.5 Å². The molecule has 0 heterocycles. The van der Waals surface area contributed by atoms with Gasteiger partial charge in [0.1, 0.15) is 17.3 Å². The van der Waals surface area contributed by atoms with Gasteiger partial charge in [-0.15, -0.1) is 0 Å². The Bertz CT molecular complexity index is 711. The first-order valence-electron chi connectivity index (χ1n) is 6.10. The van der Waals surface area contributed by atoms with Crippen LogP contribution in [0, 0.1) is 12.7 Å². The predicted octanol–water partition coefficient (Wildman–Crippen LogP) is 4.68. The number of aryl methyl sites for hydroxylation is 1. The molecule has 0 spiro atoms. The van der Waals surface area contributed by atoms with Crippen LogP contribution in [0.1, 0.15) is 11.1 Å². The fourth-order valence-electron chi connectivity index (χ4n) is 1.72. The summed E-state index contributed by atoms with van der Waals surface area (Å²) in [6, 6.07) is 9.11. The summed E-state index contributed by atoms with van der Waals surface area (Å²) in [4.78, 5) is 10.5. The zero-order valence-corrected chi connectivity index (χ0v) is 11.9. The minimum absolute atomic E-state index is 0.333. The van der Waals surface area contributed by atoms with E-state index in [2.05, 4.69) is 0 Å². The number of carboxylic acid groups (broad SMARTS) is 1. The molecule has 2 aromatic rings. The summed E-state index contributed by atoms with van der Waals surface area (Å²) in [5.41, 5.74) is 1.30. The van der Waals surface area contributed by atoms with Gasteiger partial charge in [0.15, 0.2) is 0 Å². The van der Waals surface area contributed by atoms with Crippen LogP contribution in [0.25, 0.3) is 6.08 Å². The fraction of sp³-hybridized carbons (Fsp3) is 0.0625. The number of ether oxygens (including phenoxy) is 1. The van der Waals surface area contributed by atoms with Crippen molar-refractivity contribution in [2.45, 2.75) is 6.92 Å². The molecule has 5 heteroatoms. The van der Waals surface area contributed by atoms with Crippen LogP contribution in [0.15, 0.2) is 42.5 Å². The largest absolute Gasteiger partial charge is 0.478 e. The molecule has 0 fully saturated rings. The summed E-state index contributed by atoms with van der Waals surface area (Å²) in [7, 11) is 0. The summed E-state index contributed by atoms with van der Waals surface area (Å²) < 4.78 is 18.7. The standard InChI is InChI=1S/C16H12ClFO3/c1-10-8-12(18)4-6-14(10)21-15-5-2-11(9-13(15)17)3-7-16(19)20/h2-9H,1H3,(H,19,20)/b7-3+. The molecule has 0 aromatic heterocycles. The van der Waals surface area contributed by atoms with Crippen LogP contribution in [-0.4, -0.2) is 11.1 Å². The van der Waals surface area contributed by atoms with E-state index in [0.29, 0.717) is 27.6 Å². The molecule has 0 saturated heterocycles. The highest BCUT2D eigenvalue weighted by atomic mass is 35.5. The van der Waals surface area contributed by atoms with E-state index < -0.39 is 5.97 Å². The molecule has 0 bridgehead atoms. The first-order valence-corrected chi connectivity index (χ1v) is 6.48. The van der Waals surface area contributed by atoms with Crippen molar-refractivity contribution >= 4 is 23.6 Å². The SMILES string of the molecule is Cc1cc(F)ccc1Oc1ccc(/C=C/C(=O)O)cc1Cl. The van der Waals surface area contributed by atoms with Crippen molar-refractivity contribution in [3.05, 3.63) is 64.4 Å². The van der Waals surface area contributed by atoms with E-state index >= 15 is 0 Å². The van der Waals surface area contributed by atoms with Gasteiger partial charge >= 0.3 is 5.97 Å². The Morgan fingerprint density at radius 1 is 1.24 bits per heavy atom. The van der Waals surface area contributed by atoms with E-state index in [1.54, 1.807) is 25.1 Å². The molecule has 21 heavy (non-hydrogen) atoms. The highest BCUT2D eigenvalue weighted by Crippen LogP contribution is 2.32. The summed E-state index contributed by atoms with van der Waals surface area (Å²) in [5, 5.41) is 8.91. The van der Waals surface area contributed by atoms with Gasteiger partial charge in [-0.3, -0.25) is 0 Å². The van der Waals surface area contributed by atoms with Crippen LogP contribution in [0.2, 0.25) is 5.02 Å². The van der Waals surface area contributed by atoms with Gasteiger partial charge in [-0.25, -0.2) is 9.18 Å². The quantitative estimate of drug-likeness (QED) is 0.834. The lowest BCUT2D eigenvalue weighted by atomic mass is 10.2. The number of carboxylic acids is 1. The number of hydrogen-bond donors (Lipinski definition) is 1. The number of aliphatic carboxylic acids is 1. The van der Waals surface area contributed by atoms with Crippen LogP contribution in [0.5, 0.6) is 11.5 Å². The molecule has 0 unspecified atom stereocenters. The fourth-order valence-corrected chi connectivity index (χ4v) is 1.94. The first-order chi connectivity index (χ1) is 9.95. The Morgan fingerprint density at radius 2 is 1.95 bits per heavy atom. The molecule has 0 saturated carbocycles. The lowest BCUT2D eigenvalue weighted by Crippen LogP contribution is -1.90. The molecular formula is C16H12ClFO3. The lowest BCUT2D eigenvalue weighted by Gasteiger charge is -2.10. The third-order valence-corrected chi connectivity index (χ3v) is 3.03. The molecule has 0 radical (unpaired) electrons. The molecule has 2 rings (SSSR count). The second kappa shape index (κ2) is 6.41. The van der Waals surface area contributed by atoms with E-state index in [1.165, 1.54) is 24.3 Å². The van der Waals surface area contributed by atoms with Crippen LogP contribution in [0.3, 0.4) is 0 Å². The second-order valence-electron chi connectivity index (χ2n) is 4.37. The predicted molar refractivity (Wildman–Crippen MR) is 79.3 cm³/mol. The Balaban J connectivity index is 2.23. The topological polar surface area (TPSA) is 46.5 Å². The number of rotatable bonds is 4. The Hall–Kier alpha value is -2.33. The van der Waals surface area contributed by atoms with Crippen molar-refractivity contribution in [1.29, 1.82) is 0 Å². The molecule has 0 aliphatic rings. The van der Waals surface area contributed by atoms with E-state index in [-0.39, 0.29) is 5.82 Å². The van der Waals surface area contributed by atoms with Crippen molar-refractivity contribution in [2.75, 3.05) is 0 Å². The van der Waals surface area contributed by atoms with E-state index in [1.807, 2.05) is 0 Å². The maximum absolute atomic E-state index is 13.0. The van der Waals surface area contributed by atoms with E-state index in [9.17, 15) is 9.18 Å². The molecule has 0 aliphatic heterocycles. The summed E-state index contributed by atoms with van der Waals surface area (Å²) in [5.74, 6) is -0.445. The summed E-state index contributed by atoms with van der Waals surface area (Å²) in [6.45, 7) is 1.73. The number of halogens is 2. The zero-order valence-electron chi connectivity index (χ0n) is 11.1. The monoisotopic (exact) mass is 306 g/mol. The maximum atomic E-state index is 13.0. The zero-order chi connectivity index (χ0) is 15.4. The van der Waals surface area contributed by atoms with Gasteiger partial charge < -0.3 is 9.84 Å². The van der Waals surface area contributed by atoms with Crippen LogP contribution in [0.4, 0.5) is 4.39 Å². The minimum Gasteiger partial charge on any atom is -0.478 e. The molecule has 0 amide bonds. The highest BCUT2D eigenvalue weighted by molar-refractivity contribution is 6.32. The average molecular weight is 307 g/mol. The summed E-state index contributed by atoms with van der Waals surface area (Å²) in [6.07, 6.45) is 2.46. The van der Waals surface area contributed by atoms with Gasteiger partial charge in [-0.2, -0.15) is 0 Å². The Kier molecular flexibility index (Phi) is 4.60. The van der Waals surface area contributed by atoms with Crippen molar-refractivity contribution in [2.24, 2.45) is 0 Å². The Morgan fingerprint density at radius 3 is 2.57 bits per heavy atom. The smallest absolute Gasteiger partial charge is 0.328 e. The molecule has 0 atom stereocenters. The molecule has 108 valence electrons. The second-order valence-corrected chi connectivity index (χ2v) is 4.78. The van der Waals surface area contributed by atoms with Gasteiger partial charge in [0, 0.05) is 6.08 Å². The highest BCUT2D eigenvalue weighted by Gasteiger charge is 2.07. The van der Waals surface area contributed by atoms with Crippen LogP contribution >= 0.6 is 11.6 Å². The lowest BCUT2D eigenvalue weighted by molar-refractivity contribution is -0.131. The maximum Gasteiger partial charge on any atom is 0.328 e. The number of hydrogen-bond acceptors (Lipinski definition) is 2. The first kappa shape index (κ1) is 15.1. The molecule has 0 aliphatic carbocycles. The van der Waals surface area contributed by atoms with E-state index in [0.717, 1.165) is 6.08 Å². The minimum atomic E-state index is -1.03. The van der Waals surface area contributed by atoms with E-state index in [4.69, 9.17) is 21.4 Å². The van der Waals surface area contributed by atoms with Gasteiger partial charge in [0.2, 0.25) is 0 Å².